The molecule has 6 nitrogen and oxygen atoms in total. The summed E-state index contributed by atoms with van der Waals surface area (Å²) < 4.78 is 2.94. The van der Waals surface area contributed by atoms with Gasteiger partial charge in [0.25, 0.3) is 0 Å². The minimum absolute atomic E-state index is 0.0243. The Hall–Kier alpha value is -3.35. The molecule has 5 rings (SSSR count). The Morgan fingerprint density at radius 1 is 0.939 bits per heavy atom. The van der Waals surface area contributed by atoms with Gasteiger partial charge in [-0.25, -0.2) is 14.5 Å². The summed E-state index contributed by atoms with van der Waals surface area (Å²) in [6.07, 6.45) is 0. The molecule has 3 aromatic carbocycles. The molecule has 0 bridgehead atoms. The molecule has 0 aliphatic carbocycles. The van der Waals surface area contributed by atoms with Crippen LogP contribution in [0, 0.1) is 0 Å². The maximum absolute atomic E-state index is 12.9. The summed E-state index contributed by atoms with van der Waals surface area (Å²) in [5.74, 6) is 0.508. The van der Waals surface area contributed by atoms with Crippen molar-refractivity contribution in [1.29, 1.82) is 0 Å². The summed E-state index contributed by atoms with van der Waals surface area (Å²) >= 11 is 12.4. The summed E-state index contributed by atoms with van der Waals surface area (Å²) in [7, 11) is 1.71. The average molecular weight is 478 g/mol. The molecular formula is C25H21Cl2N5O. The lowest BCUT2D eigenvalue weighted by atomic mass is 9.91. The van der Waals surface area contributed by atoms with Crippen LogP contribution >= 0.6 is 23.2 Å². The van der Waals surface area contributed by atoms with Crippen molar-refractivity contribution in [2.45, 2.75) is 12.5 Å². The predicted octanol–water partition coefficient (Wildman–Crippen LogP) is 4.95. The quantitative estimate of drug-likeness (QED) is 0.408. The SMILES string of the molecule is Cn1c(N2CC(c3ccccc3)C(c3ccc(Cl)cc3)=N2)nn(Cc2ccccc2Cl)c1=O. The molecule has 1 aromatic heterocycles. The number of hydrazone groups is 1. The van der Waals surface area contributed by atoms with E-state index in [1.165, 1.54) is 9.25 Å². The Kier molecular flexibility index (Phi) is 5.79. The second kappa shape index (κ2) is 8.89. The number of nitrogens with zero attached hydrogens (tertiary/aromatic N) is 5. The second-order valence-electron chi connectivity index (χ2n) is 7.93. The van der Waals surface area contributed by atoms with Crippen molar-refractivity contribution in [1.82, 2.24) is 14.3 Å². The zero-order valence-corrected chi connectivity index (χ0v) is 19.4. The number of hydrogen-bond acceptors (Lipinski definition) is 4. The molecule has 0 amide bonds. The Balaban J connectivity index is 1.53. The van der Waals surface area contributed by atoms with Crippen LogP contribution in [0.5, 0.6) is 0 Å². The Morgan fingerprint density at radius 2 is 1.64 bits per heavy atom. The second-order valence-corrected chi connectivity index (χ2v) is 8.77. The van der Waals surface area contributed by atoms with Gasteiger partial charge in [0.2, 0.25) is 5.95 Å². The van der Waals surface area contributed by atoms with Crippen LogP contribution in [0.25, 0.3) is 0 Å². The van der Waals surface area contributed by atoms with Crippen LogP contribution in [0.15, 0.2) is 88.8 Å². The number of anilines is 1. The lowest BCUT2D eigenvalue weighted by Gasteiger charge is -2.15. The first kappa shape index (κ1) is 21.5. The molecule has 1 aliphatic heterocycles. The fourth-order valence-electron chi connectivity index (χ4n) is 4.05. The lowest BCUT2D eigenvalue weighted by Crippen LogP contribution is -2.25. The minimum Gasteiger partial charge on any atom is -0.263 e. The molecule has 8 heteroatoms. The fraction of sp³-hybridized carbons (Fsp3) is 0.160. The summed E-state index contributed by atoms with van der Waals surface area (Å²) in [6, 6.07) is 25.3. The first-order chi connectivity index (χ1) is 16.0. The van der Waals surface area contributed by atoms with Crippen LogP contribution in [0.4, 0.5) is 5.95 Å². The third-order valence-electron chi connectivity index (χ3n) is 5.78. The van der Waals surface area contributed by atoms with E-state index < -0.39 is 0 Å². The van der Waals surface area contributed by atoms with Gasteiger partial charge in [-0.1, -0.05) is 83.9 Å². The van der Waals surface area contributed by atoms with Crippen LogP contribution in [-0.4, -0.2) is 26.6 Å². The van der Waals surface area contributed by atoms with Gasteiger partial charge >= 0.3 is 5.69 Å². The highest BCUT2D eigenvalue weighted by Gasteiger charge is 2.32. The molecule has 0 saturated carbocycles. The van der Waals surface area contributed by atoms with Crippen molar-refractivity contribution < 1.29 is 0 Å². The minimum atomic E-state index is -0.226. The van der Waals surface area contributed by atoms with Crippen molar-refractivity contribution in [2.75, 3.05) is 11.6 Å². The summed E-state index contributed by atoms with van der Waals surface area (Å²) in [6.45, 7) is 0.856. The number of benzene rings is 3. The van der Waals surface area contributed by atoms with Crippen LogP contribution < -0.4 is 10.7 Å². The van der Waals surface area contributed by atoms with Gasteiger partial charge in [-0.15, -0.1) is 5.10 Å². The van der Waals surface area contributed by atoms with E-state index in [1.54, 1.807) is 18.1 Å². The van der Waals surface area contributed by atoms with E-state index >= 15 is 0 Å². The summed E-state index contributed by atoms with van der Waals surface area (Å²) in [5.41, 5.74) is 3.65. The maximum atomic E-state index is 12.9. The highest BCUT2D eigenvalue weighted by molar-refractivity contribution is 6.31. The van der Waals surface area contributed by atoms with E-state index in [-0.39, 0.29) is 18.2 Å². The van der Waals surface area contributed by atoms with Crippen molar-refractivity contribution in [2.24, 2.45) is 12.1 Å². The van der Waals surface area contributed by atoms with E-state index in [1.807, 2.05) is 60.7 Å². The molecule has 0 N–H and O–H groups in total. The van der Waals surface area contributed by atoms with Gasteiger partial charge in [-0.05, 0) is 34.9 Å². The van der Waals surface area contributed by atoms with E-state index in [2.05, 4.69) is 17.2 Å². The Morgan fingerprint density at radius 3 is 2.36 bits per heavy atom. The molecule has 2 heterocycles. The van der Waals surface area contributed by atoms with Crippen molar-refractivity contribution >= 4 is 34.9 Å². The molecule has 4 aromatic rings. The van der Waals surface area contributed by atoms with E-state index in [4.69, 9.17) is 28.3 Å². The van der Waals surface area contributed by atoms with Gasteiger partial charge in [0.15, 0.2) is 0 Å². The van der Waals surface area contributed by atoms with Gasteiger partial charge in [-0.3, -0.25) is 4.57 Å². The fourth-order valence-corrected chi connectivity index (χ4v) is 4.37. The molecule has 0 radical (unpaired) electrons. The number of hydrogen-bond donors (Lipinski definition) is 0. The van der Waals surface area contributed by atoms with Crippen LogP contribution in [0.3, 0.4) is 0 Å². The van der Waals surface area contributed by atoms with Crippen molar-refractivity contribution in [3.63, 3.8) is 0 Å². The number of halogens is 2. The largest absolute Gasteiger partial charge is 0.347 e. The van der Waals surface area contributed by atoms with Gasteiger partial charge in [0, 0.05) is 23.0 Å². The molecule has 166 valence electrons. The molecular weight excluding hydrogens is 457 g/mol. The van der Waals surface area contributed by atoms with Crippen LogP contribution in [0.2, 0.25) is 10.0 Å². The monoisotopic (exact) mass is 477 g/mol. The number of rotatable bonds is 5. The molecule has 1 unspecified atom stereocenters. The first-order valence-corrected chi connectivity index (χ1v) is 11.3. The highest BCUT2D eigenvalue weighted by atomic mass is 35.5. The van der Waals surface area contributed by atoms with Gasteiger partial charge in [0.05, 0.1) is 18.8 Å². The van der Waals surface area contributed by atoms with Crippen LogP contribution in [0.1, 0.15) is 22.6 Å². The molecule has 1 atom stereocenters. The molecule has 0 saturated heterocycles. The number of aromatic nitrogens is 3. The van der Waals surface area contributed by atoms with Crippen LogP contribution in [-0.2, 0) is 13.6 Å². The Bertz CT molecular complexity index is 1380. The Labute approximate surface area is 201 Å². The maximum Gasteiger partial charge on any atom is 0.347 e. The van der Waals surface area contributed by atoms with Crippen molar-refractivity contribution in [3.8, 4) is 0 Å². The van der Waals surface area contributed by atoms with Gasteiger partial charge < -0.3 is 0 Å². The van der Waals surface area contributed by atoms with E-state index in [9.17, 15) is 4.79 Å². The molecule has 1 aliphatic rings. The standard InChI is InChI=1S/C25H21Cl2N5O/c1-30-24(29-32(25(30)33)15-19-9-5-6-10-22(19)27)31-16-21(17-7-3-2-4-8-17)23(28-31)18-11-13-20(26)14-12-18/h2-14,21H,15-16H2,1H3. The zero-order valence-electron chi connectivity index (χ0n) is 17.9. The topological polar surface area (TPSA) is 55.4 Å². The smallest absolute Gasteiger partial charge is 0.263 e. The van der Waals surface area contributed by atoms with E-state index in [0.29, 0.717) is 22.5 Å². The average Bonchev–Trinajstić information content (AvgIpc) is 3.39. The zero-order chi connectivity index (χ0) is 22.9. The summed E-state index contributed by atoms with van der Waals surface area (Å²) in [5, 5.41) is 12.6. The van der Waals surface area contributed by atoms with Gasteiger partial charge in [-0.2, -0.15) is 5.10 Å². The molecule has 33 heavy (non-hydrogen) atoms. The normalized spacial score (nSPS) is 15.7. The van der Waals surface area contributed by atoms with Gasteiger partial charge in [0.1, 0.15) is 0 Å². The third kappa shape index (κ3) is 4.19. The predicted molar refractivity (Wildman–Crippen MR) is 133 cm³/mol. The van der Waals surface area contributed by atoms with Crippen molar-refractivity contribution in [3.05, 3.63) is 116 Å². The highest BCUT2D eigenvalue weighted by Crippen LogP contribution is 2.31. The first-order valence-electron chi connectivity index (χ1n) is 10.6. The third-order valence-corrected chi connectivity index (χ3v) is 6.40. The van der Waals surface area contributed by atoms with E-state index in [0.717, 1.165) is 22.4 Å². The molecule has 0 fully saturated rings. The summed E-state index contributed by atoms with van der Waals surface area (Å²) in [4.78, 5) is 12.9. The molecule has 0 spiro atoms. The lowest BCUT2D eigenvalue weighted by molar-refractivity contribution is 0.646.